The van der Waals surface area contributed by atoms with E-state index in [9.17, 15) is 18.0 Å². The minimum atomic E-state index is -4.32. The van der Waals surface area contributed by atoms with Gasteiger partial charge in [0.05, 0.1) is 0 Å². The number of carbonyl (C=O) groups excluding carboxylic acids is 1. The van der Waals surface area contributed by atoms with Crippen LogP contribution < -0.4 is 0 Å². The van der Waals surface area contributed by atoms with Gasteiger partial charge in [0.1, 0.15) is 11.1 Å². The Kier molecular flexibility index (Phi) is 2.39. The SMILES string of the molecule is CC1CCB(C(=O)C2(C(F)(F)F)CC2)C1. The van der Waals surface area contributed by atoms with Gasteiger partial charge in [-0.05, 0) is 12.8 Å². The summed E-state index contributed by atoms with van der Waals surface area (Å²) in [4.78, 5) is 11.8. The van der Waals surface area contributed by atoms with Crippen LogP contribution in [0.1, 0.15) is 26.2 Å². The van der Waals surface area contributed by atoms with Gasteiger partial charge < -0.3 is 4.79 Å². The van der Waals surface area contributed by atoms with Crippen LogP contribution in [0.4, 0.5) is 13.2 Å². The largest absolute Gasteiger partial charge is 0.400 e. The van der Waals surface area contributed by atoms with Gasteiger partial charge in [-0.3, -0.25) is 0 Å². The highest BCUT2D eigenvalue weighted by atomic mass is 19.4. The second kappa shape index (κ2) is 3.26. The molecule has 0 radical (unpaired) electrons. The Labute approximate surface area is 87.5 Å². The average Bonchev–Trinajstić information content (AvgIpc) is 2.83. The predicted octanol–water partition coefficient (Wildman–Crippen LogP) is 2.97. The van der Waals surface area contributed by atoms with E-state index in [1.165, 1.54) is 0 Å². The fourth-order valence-electron chi connectivity index (χ4n) is 2.63. The van der Waals surface area contributed by atoms with Gasteiger partial charge >= 0.3 is 6.18 Å². The maximum absolute atomic E-state index is 12.7. The Bertz CT molecular complexity index is 283. The summed E-state index contributed by atoms with van der Waals surface area (Å²) < 4.78 is 38.0. The monoisotopic (exact) mass is 218 g/mol. The highest BCUT2D eigenvalue weighted by molar-refractivity contribution is 6.91. The highest BCUT2D eigenvalue weighted by Gasteiger charge is 2.68. The van der Waals surface area contributed by atoms with Crippen molar-refractivity contribution in [3.05, 3.63) is 0 Å². The summed E-state index contributed by atoms with van der Waals surface area (Å²) in [5.41, 5.74) is -2.47. The lowest BCUT2D eigenvalue weighted by Crippen LogP contribution is -2.40. The summed E-state index contributed by atoms with van der Waals surface area (Å²) >= 11 is 0. The van der Waals surface area contributed by atoms with Crippen LogP contribution in [-0.4, -0.2) is 18.6 Å². The maximum atomic E-state index is 12.7. The molecule has 0 spiro atoms. The lowest BCUT2D eigenvalue weighted by Gasteiger charge is -2.20. The van der Waals surface area contributed by atoms with E-state index in [0.29, 0.717) is 18.6 Å². The molecule has 84 valence electrons. The van der Waals surface area contributed by atoms with Crippen LogP contribution in [0.3, 0.4) is 0 Å². The zero-order valence-electron chi connectivity index (χ0n) is 8.73. The van der Waals surface area contributed by atoms with E-state index in [1.807, 2.05) is 6.92 Å². The van der Waals surface area contributed by atoms with E-state index in [4.69, 9.17) is 0 Å². The first kappa shape index (κ1) is 11.0. The Morgan fingerprint density at radius 3 is 2.33 bits per heavy atom. The third-order valence-electron chi connectivity index (χ3n) is 3.83. The summed E-state index contributed by atoms with van der Waals surface area (Å²) in [5, 5.41) is 0. The average molecular weight is 218 g/mol. The number of carbonyl (C=O) groups is 1. The van der Waals surface area contributed by atoms with Gasteiger partial charge in [0.25, 0.3) is 0 Å². The molecule has 2 aliphatic rings. The molecular formula is C10H14BF3O. The summed E-state index contributed by atoms with van der Waals surface area (Å²) in [6, 6.07) is 0. The maximum Gasteiger partial charge on any atom is 0.400 e. The van der Waals surface area contributed by atoms with E-state index in [1.54, 1.807) is 0 Å². The normalized spacial score (nSPS) is 29.3. The lowest BCUT2D eigenvalue weighted by atomic mass is 9.42. The minimum absolute atomic E-state index is 0.0141. The molecule has 1 saturated carbocycles. The molecule has 0 aromatic rings. The van der Waals surface area contributed by atoms with E-state index in [2.05, 4.69) is 0 Å². The smallest absolute Gasteiger partial charge is 0.310 e. The first-order chi connectivity index (χ1) is 6.87. The van der Waals surface area contributed by atoms with Crippen molar-refractivity contribution in [1.82, 2.24) is 0 Å². The van der Waals surface area contributed by atoms with Gasteiger partial charge in [0, 0.05) is 0 Å². The zero-order chi connectivity index (χ0) is 11.3. The lowest BCUT2D eigenvalue weighted by molar-refractivity contribution is -0.186. The van der Waals surface area contributed by atoms with Crippen LogP contribution in [-0.2, 0) is 4.79 Å². The number of hydrogen-bond donors (Lipinski definition) is 0. The molecule has 2 rings (SSSR count). The van der Waals surface area contributed by atoms with Crippen LogP contribution in [0.25, 0.3) is 0 Å². The van der Waals surface area contributed by atoms with Crippen LogP contribution in [0.5, 0.6) is 0 Å². The molecule has 1 heterocycles. The van der Waals surface area contributed by atoms with Crippen molar-refractivity contribution in [1.29, 1.82) is 0 Å². The number of rotatable bonds is 2. The Morgan fingerprint density at radius 2 is 2.00 bits per heavy atom. The molecular weight excluding hydrogens is 204 g/mol. The van der Waals surface area contributed by atoms with Gasteiger partial charge in [0.15, 0.2) is 0 Å². The first-order valence-corrected chi connectivity index (χ1v) is 5.48. The second-order valence-corrected chi connectivity index (χ2v) is 5.06. The summed E-state index contributed by atoms with van der Waals surface area (Å²) in [5.74, 6) is 0.406. The molecule has 0 bridgehead atoms. The Balaban J connectivity index is 2.09. The predicted molar refractivity (Wildman–Crippen MR) is 51.9 cm³/mol. The fraction of sp³-hybridized carbons (Fsp3) is 0.900. The molecule has 5 heteroatoms. The molecule has 15 heavy (non-hydrogen) atoms. The molecule has 0 aromatic heterocycles. The second-order valence-electron chi connectivity index (χ2n) is 5.06. The quantitative estimate of drug-likeness (QED) is 0.651. The number of halogens is 3. The van der Waals surface area contributed by atoms with Crippen molar-refractivity contribution in [2.75, 3.05) is 0 Å². The summed E-state index contributed by atoms with van der Waals surface area (Å²) in [6.07, 6.45) is -2.10. The van der Waals surface area contributed by atoms with Crippen molar-refractivity contribution < 1.29 is 18.0 Å². The molecule has 1 aliphatic carbocycles. The number of hydrogen-bond acceptors (Lipinski definition) is 1. The molecule has 0 amide bonds. The van der Waals surface area contributed by atoms with Gasteiger partial charge in [0.2, 0.25) is 6.71 Å². The summed E-state index contributed by atoms with van der Waals surface area (Å²) in [7, 11) is 0. The third kappa shape index (κ3) is 1.70. The van der Waals surface area contributed by atoms with Gasteiger partial charge in [-0.25, -0.2) is 0 Å². The molecule has 1 aliphatic heterocycles. The van der Waals surface area contributed by atoms with Crippen LogP contribution >= 0.6 is 0 Å². The third-order valence-corrected chi connectivity index (χ3v) is 3.83. The van der Waals surface area contributed by atoms with Crippen LogP contribution in [0, 0.1) is 11.3 Å². The van der Waals surface area contributed by atoms with E-state index < -0.39 is 17.3 Å². The van der Waals surface area contributed by atoms with Crippen molar-refractivity contribution in [3.8, 4) is 0 Å². The highest BCUT2D eigenvalue weighted by Crippen LogP contribution is 2.59. The van der Waals surface area contributed by atoms with Gasteiger partial charge in [-0.15, -0.1) is 0 Å². The minimum Gasteiger partial charge on any atom is -0.310 e. The molecule has 1 nitrogen and oxygen atoms in total. The molecule has 2 fully saturated rings. The molecule has 0 N–H and O–H groups in total. The molecule has 1 unspecified atom stereocenters. The molecule has 1 atom stereocenters. The van der Waals surface area contributed by atoms with Crippen molar-refractivity contribution in [2.24, 2.45) is 11.3 Å². The standard InChI is InChI=1S/C10H14BF3O/c1-7-2-5-11(6-7)8(15)9(3-4-9)10(12,13)14/h7H,2-6H2,1H3. The van der Waals surface area contributed by atoms with Crippen LogP contribution in [0.15, 0.2) is 0 Å². The summed E-state index contributed by atoms with van der Waals surface area (Å²) in [6.45, 7) is 1.67. The fourth-order valence-corrected chi connectivity index (χ4v) is 2.63. The van der Waals surface area contributed by atoms with Crippen LogP contribution in [0.2, 0.25) is 12.6 Å². The first-order valence-electron chi connectivity index (χ1n) is 5.48. The van der Waals surface area contributed by atoms with Crippen molar-refractivity contribution >= 4 is 12.4 Å². The molecule has 1 saturated heterocycles. The van der Waals surface area contributed by atoms with E-state index >= 15 is 0 Å². The van der Waals surface area contributed by atoms with E-state index in [0.717, 1.165) is 6.42 Å². The van der Waals surface area contributed by atoms with E-state index in [-0.39, 0.29) is 19.6 Å². The zero-order valence-corrected chi connectivity index (χ0v) is 8.73. The van der Waals surface area contributed by atoms with Crippen molar-refractivity contribution in [3.63, 3.8) is 0 Å². The topological polar surface area (TPSA) is 17.1 Å². The number of alkyl halides is 3. The molecule has 0 aromatic carbocycles. The van der Waals surface area contributed by atoms with Gasteiger partial charge in [-0.2, -0.15) is 13.2 Å². The van der Waals surface area contributed by atoms with Gasteiger partial charge in [-0.1, -0.05) is 31.9 Å². The van der Waals surface area contributed by atoms with Crippen molar-refractivity contribution in [2.45, 2.75) is 45.0 Å². The Morgan fingerprint density at radius 1 is 1.40 bits per heavy atom. The Hall–Kier alpha value is -0.475.